The molecule has 0 saturated carbocycles. The molecule has 0 aliphatic rings. The Labute approximate surface area is 95.2 Å². The molecule has 1 rings (SSSR count). The van der Waals surface area contributed by atoms with Crippen LogP contribution in [-0.4, -0.2) is 24.9 Å². The lowest BCUT2D eigenvalue weighted by Crippen LogP contribution is -2.26. The second-order valence-corrected chi connectivity index (χ2v) is 3.63. The predicted octanol–water partition coefficient (Wildman–Crippen LogP) is 1.69. The van der Waals surface area contributed by atoms with E-state index in [4.69, 9.17) is 4.74 Å². The summed E-state index contributed by atoms with van der Waals surface area (Å²) in [6, 6.07) is 5.03. The van der Waals surface area contributed by atoms with E-state index in [1.165, 1.54) is 7.11 Å². The van der Waals surface area contributed by atoms with E-state index in [9.17, 15) is 9.50 Å². The fraction of sp³-hybridized carbons (Fsp3) is 0.500. The largest absolute Gasteiger partial charge is 0.494 e. The fourth-order valence-electron chi connectivity index (χ4n) is 1.37. The molecule has 90 valence electrons. The van der Waals surface area contributed by atoms with Crippen molar-refractivity contribution in [2.75, 3.05) is 13.7 Å². The van der Waals surface area contributed by atoms with Crippen molar-refractivity contribution in [3.8, 4) is 5.75 Å². The second kappa shape index (κ2) is 6.45. The molecule has 3 nitrogen and oxygen atoms in total. The van der Waals surface area contributed by atoms with Gasteiger partial charge in [-0.1, -0.05) is 19.1 Å². The lowest BCUT2D eigenvalue weighted by atomic mass is 10.2. The van der Waals surface area contributed by atoms with Crippen molar-refractivity contribution < 1.29 is 14.2 Å². The third-order valence-corrected chi connectivity index (χ3v) is 2.43. The molecule has 0 bridgehead atoms. The molecule has 16 heavy (non-hydrogen) atoms. The first-order valence-corrected chi connectivity index (χ1v) is 5.39. The van der Waals surface area contributed by atoms with Gasteiger partial charge in [0.05, 0.1) is 13.2 Å². The number of nitrogens with one attached hydrogen (secondary N) is 1. The Hall–Kier alpha value is -1.13. The van der Waals surface area contributed by atoms with Crippen LogP contribution in [0.5, 0.6) is 5.75 Å². The molecule has 0 fully saturated rings. The smallest absolute Gasteiger partial charge is 0.169 e. The lowest BCUT2D eigenvalue weighted by Gasteiger charge is -2.11. The third kappa shape index (κ3) is 3.47. The summed E-state index contributed by atoms with van der Waals surface area (Å²) < 4.78 is 18.5. The van der Waals surface area contributed by atoms with Gasteiger partial charge in [-0.2, -0.15) is 0 Å². The number of hydrogen-bond acceptors (Lipinski definition) is 3. The van der Waals surface area contributed by atoms with Crippen LogP contribution in [0.1, 0.15) is 18.9 Å². The maximum atomic E-state index is 13.7. The maximum absolute atomic E-state index is 13.7. The van der Waals surface area contributed by atoms with Crippen LogP contribution >= 0.6 is 0 Å². The van der Waals surface area contributed by atoms with E-state index < -0.39 is 0 Å². The van der Waals surface area contributed by atoms with Crippen molar-refractivity contribution >= 4 is 0 Å². The van der Waals surface area contributed by atoms with E-state index >= 15 is 0 Å². The summed E-state index contributed by atoms with van der Waals surface area (Å²) in [5.41, 5.74) is 0.544. The third-order valence-electron chi connectivity index (χ3n) is 2.43. The second-order valence-electron chi connectivity index (χ2n) is 3.63. The summed E-state index contributed by atoms with van der Waals surface area (Å²) in [6.45, 7) is 2.76. The molecule has 4 heteroatoms. The van der Waals surface area contributed by atoms with Gasteiger partial charge in [-0.15, -0.1) is 0 Å². The van der Waals surface area contributed by atoms with E-state index in [0.29, 0.717) is 25.1 Å². The van der Waals surface area contributed by atoms with Crippen LogP contribution < -0.4 is 10.1 Å². The van der Waals surface area contributed by atoms with Gasteiger partial charge in [0.25, 0.3) is 0 Å². The van der Waals surface area contributed by atoms with E-state index in [1.807, 2.05) is 6.92 Å². The quantitative estimate of drug-likeness (QED) is 0.777. The molecule has 0 heterocycles. The Morgan fingerprint density at radius 3 is 2.88 bits per heavy atom. The zero-order valence-corrected chi connectivity index (χ0v) is 9.66. The molecule has 1 atom stereocenters. The monoisotopic (exact) mass is 227 g/mol. The number of ether oxygens (including phenoxy) is 1. The molecule has 1 aromatic rings. The topological polar surface area (TPSA) is 41.5 Å². The standard InChI is InChI=1S/C12H18FNO2/c1-3-10(15)8-14-7-9-5-4-6-11(16-2)12(9)13/h4-6,10,14-15H,3,7-8H2,1-2H3. The number of benzene rings is 1. The Morgan fingerprint density at radius 1 is 1.50 bits per heavy atom. The maximum Gasteiger partial charge on any atom is 0.169 e. The number of rotatable bonds is 6. The van der Waals surface area contributed by atoms with Gasteiger partial charge in [0.2, 0.25) is 0 Å². The molecule has 0 radical (unpaired) electrons. The molecule has 0 aliphatic carbocycles. The highest BCUT2D eigenvalue weighted by Gasteiger charge is 2.08. The van der Waals surface area contributed by atoms with Crippen molar-refractivity contribution in [2.24, 2.45) is 0 Å². The van der Waals surface area contributed by atoms with E-state index in [2.05, 4.69) is 5.32 Å². The van der Waals surface area contributed by atoms with Crippen LogP contribution in [0.25, 0.3) is 0 Å². The van der Waals surface area contributed by atoms with Crippen molar-refractivity contribution in [3.63, 3.8) is 0 Å². The molecule has 0 saturated heterocycles. The molecular formula is C12H18FNO2. The first-order chi connectivity index (χ1) is 7.69. The Morgan fingerprint density at radius 2 is 2.25 bits per heavy atom. The van der Waals surface area contributed by atoms with Gasteiger partial charge in [0.15, 0.2) is 11.6 Å². The minimum atomic E-state index is -0.381. The summed E-state index contributed by atoms with van der Waals surface area (Å²) in [7, 11) is 1.44. The number of aliphatic hydroxyl groups excluding tert-OH is 1. The molecule has 1 aromatic carbocycles. The summed E-state index contributed by atoms with van der Waals surface area (Å²) in [4.78, 5) is 0. The van der Waals surface area contributed by atoms with Crippen LogP contribution in [0.4, 0.5) is 4.39 Å². The van der Waals surface area contributed by atoms with Crippen molar-refractivity contribution in [2.45, 2.75) is 26.0 Å². The molecule has 2 N–H and O–H groups in total. The summed E-state index contributed by atoms with van der Waals surface area (Å²) in [6.07, 6.45) is 0.307. The number of halogens is 1. The Bertz CT molecular complexity index is 331. The molecule has 0 spiro atoms. The normalized spacial score (nSPS) is 12.5. The lowest BCUT2D eigenvalue weighted by molar-refractivity contribution is 0.167. The number of aliphatic hydroxyl groups is 1. The minimum absolute atomic E-state index is 0.246. The van der Waals surface area contributed by atoms with E-state index in [1.54, 1.807) is 18.2 Å². The molecule has 1 unspecified atom stereocenters. The van der Waals surface area contributed by atoms with Gasteiger partial charge in [-0.3, -0.25) is 0 Å². The van der Waals surface area contributed by atoms with Crippen LogP contribution in [0.15, 0.2) is 18.2 Å². The first-order valence-electron chi connectivity index (χ1n) is 5.39. The zero-order valence-electron chi connectivity index (χ0n) is 9.66. The molecule has 0 aliphatic heterocycles. The van der Waals surface area contributed by atoms with E-state index in [-0.39, 0.29) is 17.7 Å². The van der Waals surface area contributed by atoms with Crippen molar-refractivity contribution in [1.82, 2.24) is 5.32 Å². The fourth-order valence-corrected chi connectivity index (χ4v) is 1.37. The number of methoxy groups -OCH3 is 1. The van der Waals surface area contributed by atoms with Crippen molar-refractivity contribution in [1.29, 1.82) is 0 Å². The predicted molar refractivity (Wildman–Crippen MR) is 61.0 cm³/mol. The number of hydrogen-bond donors (Lipinski definition) is 2. The van der Waals surface area contributed by atoms with Gasteiger partial charge in [0.1, 0.15) is 0 Å². The summed E-state index contributed by atoms with van der Waals surface area (Å²) in [5.74, 6) is -0.0983. The van der Waals surface area contributed by atoms with Gasteiger partial charge in [-0.25, -0.2) is 4.39 Å². The summed E-state index contributed by atoms with van der Waals surface area (Å²) in [5, 5.41) is 12.3. The highest BCUT2D eigenvalue weighted by molar-refractivity contribution is 5.30. The van der Waals surface area contributed by atoms with Crippen LogP contribution in [0, 0.1) is 5.82 Å². The average Bonchev–Trinajstić information content (AvgIpc) is 2.31. The first kappa shape index (κ1) is 12.9. The highest BCUT2D eigenvalue weighted by atomic mass is 19.1. The average molecular weight is 227 g/mol. The Kier molecular flexibility index (Phi) is 5.22. The molecule has 0 aromatic heterocycles. The SMILES string of the molecule is CCC(O)CNCc1cccc(OC)c1F. The van der Waals surface area contributed by atoms with Crippen LogP contribution in [0.2, 0.25) is 0 Å². The van der Waals surface area contributed by atoms with E-state index in [0.717, 1.165) is 0 Å². The minimum Gasteiger partial charge on any atom is -0.494 e. The Balaban J connectivity index is 2.54. The molecular weight excluding hydrogens is 209 g/mol. The highest BCUT2D eigenvalue weighted by Crippen LogP contribution is 2.19. The van der Waals surface area contributed by atoms with Crippen LogP contribution in [0.3, 0.4) is 0 Å². The summed E-state index contributed by atoms with van der Waals surface area (Å²) >= 11 is 0. The van der Waals surface area contributed by atoms with Gasteiger partial charge < -0.3 is 15.2 Å². The zero-order chi connectivity index (χ0) is 12.0. The molecule has 0 amide bonds. The van der Waals surface area contributed by atoms with Gasteiger partial charge in [0, 0.05) is 18.7 Å². The van der Waals surface area contributed by atoms with Crippen LogP contribution in [-0.2, 0) is 6.54 Å². The van der Waals surface area contributed by atoms with Gasteiger partial charge >= 0.3 is 0 Å². The van der Waals surface area contributed by atoms with Gasteiger partial charge in [-0.05, 0) is 12.5 Å². The van der Waals surface area contributed by atoms with Crippen molar-refractivity contribution in [3.05, 3.63) is 29.6 Å².